The Hall–Kier alpha value is -2.62. The molecule has 0 unspecified atom stereocenters. The summed E-state index contributed by atoms with van der Waals surface area (Å²) in [6.07, 6.45) is 0.357. The Morgan fingerprint density at radius 3 is 2.18 bits per heavy atom. The van der Waals surface area contributed by atoms with Gasteiger partial charge in [-0.05, 0) is 48.5 Å². The summed E-state index contributed by atoms with van der Waals surface area (Å²) in [4.78, 5) is 16.6. The number of nitrogens with zero attached hydrogens (tertiary/aromatic N) is 2. The van der Waals surface area contributed by atoms with Gasteiger partial charge in [-0.25, -0.2) is 13.6 Å². The van der Waals surface area contributed by atoms with Crippen LogP contribution in [0.1, 0.15) is 6.42 Å². The lowest BCUT2D eigenvalue weighted by atomic mass is 10.2. The first-order valence-electron chi connectivity index (χ1n) is 9.00. The van der Waals surface area contributed by atoms with Crippen molar-refractivity contribution in [1.82, 2.24) is 4.90 Å². The van der Waals surface area contributed by atoms with Crippen LogP contribution >= 0.6 is 0 Å². The molecule has 1 aliphatic rings. The normalized spacial score (nSPS) is 15.4. The monoisotopic (exact) mass is 404 g/mol. The number of primary sulfonamides is 1. The molecule has 2 aromatic carbocycles. The highest BCUT2D eigenvalue weighted by Crippen LogP contribution is 2.20. The van der Waals surface area contributed by atoms with E-state index in [-0.39, 0.29) is 16.6 Å². The maximum atomic E-state index is 12.1. The number of anilines is 2. The molecule has 4 N–H and O–H groups in total. The molecule has 0 saturated carbocycles. The van der Waals surface area contributed by atoms with Crippen molar-refractivity contribution in [3.8, 4) is 5.75 Å². The fraction of sp³-hybridized carbons (Fsp3) is 0.316. The van der Waals surface area contributed by atoms with Gasteiger partial charge in [-0.1, -0.05) is 0 Å². The molecule has 9 heteroatoms. The van der Waals surface area contributed by atoms with Crippen LogP contribution < -0.4 is 15.4 Å². The van der Waals surface area contributed by atoms with Gasteiger partial charge in [0.25, 0.3) is 0 Å². The van der Waals surface area contributed by atoms with Crippen molar-refractivity contribution in [2.75, 3.05) is 42.9 Å². The maximum absolute atomic E-state index is 12.1. The molecule has 150 valence electrons. The van der Waals surface area contributed by atoms with Crippen LogP contribution in [0.2, 0.25) is 0 Å². The molecule has 0 bridgehead atoms. The fourth-order valence-corrected chi connectivity index (χ4v) is 3.62. The minimum atomic E-state index is -3.74. The lowest BCUT2D eigenvalue weighted by molar-refractivity contribution is -0.116. The minimum Gasteiger partial charge on any atom is -0.508 e. The molecule has 1 fully saturated rings. The number of nitrogens with one attached hydrogen (secondary N) is 1. The first kappa shape index (κ1) is 20.1. The maximum Gasteiger partial charge on any atom is 0.238 e. The molecule has 1 aliphatic heterocycles. The second-order valence-electron chi connectivity index (χ2n) is 6.71. The summed E-state index contributed by atoms with van der Waals surface area (Å²) in [7, 11) is -3.74. The number of phenols is 1. The molecule has 0 aliphatic carbocycles. The summed E-state index contributed by atoms with van der Waals surface area (Å²) in [6.45, 7) is 4.10. The summed E-state index contributed by atoms with van der Waals surface area (Å²) >= 11 is 0. The summed E-state index contributed by atoms with van der Waals surface area (Å²) in [5.41, 5.74) is 1.62. The van der Waals surface area contributed by atoms with Crippen LogP contribution in [0.25, 0.3) is 0 Å². The van der Waals surface area contributed by atoms with Crippen LogP contribution in [-0.2, 0) is 14.8 Å². The highest BCUT2D eigenvalue weighted by Gasteiger charge is 2.18. The van der Waals surface area contributed by atoms with Crippen LogP contribution in [0.4, 0.5) is 11.4 Å². The average Bonchev–Trinajstić information content (AvgIpc) is 2.67. The molecule has 3 rings (SSSR count). The molecule has 0 radical (unpaired) electrons. The fourth-order valence-electron chi connectivity index (χ4n) is 3.10. The molecule has 2 aromatic rings. The number of amides is 1. The number of hydrogen-bond donors (Lipinski definition) is 3. The van der Waals surface area contributed by atoms with Crippen LogP contribution in [0, 0.1) is 0 Å². The van der Waals surface area contributed by atoms with Crippen molar-refractivity contribution in [3.05, 3.63) is 48.5 Å². The van der Waals surface area contributed by atoms with Gasteiger partial charge in [0.05, 0.1) is 4.90 Å². The van der Waals surface area contributed by atoms with Gasteiger partial charge in [0, 0.05) is 50.5 Å². The number of hydrogen-bond acceptors (Lipinski definition) is 6. The van der Waals surface area contributed by atoms with Crippen molar-refractivity contribution >= 4 is 27.3 Å². The quantitative estimate of drug-likeness (QED) is 0.666. The number of carbonyl (C=O) groups excluding carboxylic acids is 1. The van der Waals surface area contributed by atoms with Crippen LogP contribution in [-0.4, -0.2) is 57.1 Å². The average molecular weight is 404 g/mol. The Morgan fingerprint density at radius 1 is 1.00 bits per heavy atom. The van der Waals surface area contributed by atoms with Gasteiger partial charge in [0.1, 0.15) is 5.75 Å². The van der Waals surface area contributed by atoms with Gasteiger partial charge in [-0.2, -0.15) is 0 Å². The SMILES string of the molecule is NS(=O)(=O)c1ccc(NC(=O)CCN2CCN(c3ccc(O)cc3)CC2)cc1. The predicted molar refractivity (Wildman–Crippen MR) is 108 cm³/mol. The molecule has 28 heavy (non-hydrogen) atoms. The van der Waals surface area contributed by atoms with E-state index in [1.807, 2.05) is 12.1 Å². The van der Waals surface area contributed by atoms with Gasteiger partial charge < -0.3 is 15.3 Å². The number of nitrogens with two attached hydrogens (primary N) is 1. The molecular formula is C19H24N4O4S. The van der Waals surface area contributed by atoms with Crippen molar-refractivity contribution in [3.63, 3.8) is 0 Å². The number of rotatable bonds is 6. The Kier molecular flexibility index (Phi) is 6.18. The Labute approximate surface area is 164 Å². The first-order chi connectivity index (χ1) is 13.3. The Bertz CT molecular complexity index is 906. The zero-order valence-electron chi connectivity index (χ0n) is 15.4. The van der Waals surface area contributed by atoms with Gasteiger partial charge in [0.2, 0.25) is 15.9 Å². The number of carbonyl (C=O) groups is 1. The molecule has 8 nitrogen and oxygen atoms in total. The van der Waals surface area contributed by atoms with Gasteiger partial charge in [0.15, 0.2) is 0 Å². The molecule has 0 aromatic heterocycles. The molecule has 1 heterocycles. The lowest BCUT2D eigenvalue weighted by Crippen LogP contribution is -2.47. The third-order valence-electron chi connectivity index (χ3n) is 4.71. The molecule has 1 amide bonds. The first-order valence-corrected chi connectivity index (χ1v) is 10.5. The minimum absolute atomic E-state index is 0.0111. The van der Waals surface area contributed by atoms with E-state index >= 15 is 0 Å². The zero-order valence-corrected chi connectivity index (χ0v) is 16.2. The van der Waals surface area contributed by atoms with E-state index in [1.165, 1.54) is 24.3 Å². The van der Waals surface area contributed by atoms with E-state index in [9.17, 15) is 18.3 Å². The number of aromatic hydroxyl groups is 1. The molecule has 0 spiro atoms. The topological polar surface area (TPSA) is 116 Å². The smallest absolute Gasteiger partial charge is 0.238 e. The van der Waals surface area contributed by atoms with Crippen molar-refractivity contribution in [1.29, 1.82) is 0 Å². The third-order valence-corrected chi connectivity index (χ3v) is 5.64. The summed E-state index contributed by atoms with van der Waals surface area (Å²) in [5.74, 6) is 0.136. The standard InChI is InChI=1S/C19H24N4O4S/c20-28(26,27)18-7-1-15(2-8-18)21-19(25)9-10-22-11-13-23(14-12-22)16-3-5-17(24)6-4-16/h1-8,24H,9-14H2,(H,21,25)(H2,20,26,27). The number of piperazine rings is 1. The third kappa shape index (κ3) is 5.44. The van der Waals surface area contributed by atoms with Gasteiger partial charge in [-0.3, -0.25) is 9.69 Å². The Morgan fingerprint density at radius 2 is 1.61 bits per heavy atom. The van der Waals surface area contributed by atoms with Crippen LogP contribution in [0.3, 0.4) is 0 Å². The predicted octanol–water partition coefficient (Wildman–Crippen LogP) is 1.19. The summed E-state index contributed by atoms with van der Waals surface area (Å²) in [5, 5.41) is 17.2. The second kappa shape index (κ2) is 8.59. The van der Waals surface area contributed by atoms with Crippen molar-refractivity contribution in [2.24, 2.45) is 5.14 Å². The number of sulfonamides is 1. The molecule has 1 saturated heterocycles. The van der Waals surface area contributed by atoms with E-state index in [4.69, 9.17) is 5.14 Å². The van der Waals surface area contributed by atoms with Gasteiger partial charge >= 0.3 is 0 Å². The molecule has 0 atom stereocenters. The number of benzene rings is 2. The highest BCUT2D eigenvalue weighted by atomic mass is 32.2. The van der Waals surface area contributed by atoms with Crippen LogP contribution in [0.15, 0.2) is 53.4 Å². The Balaban J connectivity index is 1.42. The van der Waals surface area contributed by atoms with Gasteiger partial charge in [-0.15, -0.1) is 0 Å². The van der Waals surface area contributed by atoms with E-state index in [2.05, 4.69) is 15.1 Å². The lowest BCUT2D eigenvalue weighted by Gasteiger charge is -2.36. The second-order valence-corrected chi connectivity index (χ2v) is 8.27. The zero-order chi connectivity index (χ0) is 20.1. The van der Waals surface area contributed by atoms with E-state index in [0.29, 0.717) is 18.7 Å². The highest BCUT2D eigenvalue weighted by molar-refractivity contribution is 7.89. The largest absolute Gasteiger partial charge is 0.508 e. The summed E-state index contributed by atoms with van der Waals surface area (Å²) in [6, 6.07) is 12.9. The van der Waals surface area contributed by atoms with Crippen LogP contribution in [0.5, 0.6) is 5.75 Å². The van der Waals surface area contributed by atoms with Crippen molar-refractivity contribution in [2.45, 2.75) is 11.3 Å². The van der Waals surface area contributed by atoms with E-state index < -0.39 is 10.0 Å². The van der Waals surface area contributed by atoms with E-state index in [1.54, 1.807) is 12.1 Å². The molecular weight excluding hydrogens is 380 g/mol. The van der Waals surface area contributed by atoms with E-state index in [0.717, 1.165) is 31.9 Å². The summed E-state index contributed by atoms with van der Waals surface area (Å²) < 4.78 is 22.5. The van der Waals surface area contributed by atoms with Crippen molar-refractivity contribution < 1.29 is 18.3 Å². The number of phenolic OH excluding ortho intramolecular Hbond substituents is 1.